The van der Waals surface area contributed by atoms with Crippen LogP contribution in [0.25, 0.3) is 0 Å². The number of hydrogen-bond acceptors (Lipinski definition) is 3. The fraction of sp³-hybridized carbons (Fsp3) is 0.917. The van der Waals surface area contributed by atoms with Crippen LogP contribution in [0.5, 0.6) is 0 Å². The molecule has 0 radical (unpaired) electrons. The lowest BCUT2D eigenvalue weighted by Gasteiger charge is -2.32. The summed E-state index contributed by atoms with van der Waals surface area (Å²) in [6, 6.07) is 0. The fourth-order valence-electron chi connectivity index (χ4n) is 2.41. The molecule has 1 unspecified atom stereocenters. The molecule has 1 fully saturated rings. The maximum atomic E-state index is 12.5. The zero-order valence-electron chi connectivity index (χ0n) is 10.6. The first kappa shape index (κ1) is 15.4. The van der Waals surface area contributed by atoms with Gasteiger partial charge in [0, 0.05) is 12.5 Å². The van der Waals surface area contributed by atoms with E-state index in [0.717, 1.165) is 0 Å². The van der Waals surface area contributed by atoms with Gasteiger partial charge in [0.1, 0.15) is 0 Å². The Morgan fingerprint density at radius 1 is 1.28 bits per heavy atom. The Labute approximate surface area is 104 Å². The minimum Gasteiger partial charge on any atom is -0.360 e. The molecule has 0 saturated heterocycles. The molecule has 0 bridgehead atoms. The molecule has 0 heterocycles. The Bertz CT molecular complexity index is 291. The fourth-order valence-corrected chi connectivity index (χ4v) is 2.41. The van der Waals surface area contributed by atoms with Gasteiger partial charge in [0.15, 0.2) is 5.78 Å². The van der Waals surface area contributed by atoms with Crippen LogP contribution in [0.2, 0.25) is 0 Å². The van der Waals surface area contributed by atoms with Crippen molar-refractivity contribution in [3.05, 3.63) is 0 Å². The van der Waals surface area contributed by atoms with E-state index in [4.69, 9.17) is 4.74 Å². The average molecular weight is 268 g/mol. The summed E-state index contributed by atoms with van der Waals surface area (Å²) in [4.78, 5) is 11.9. The second-order valence-corrected chi connectivity index (χ2v) is 4.87. The maximum Gasteiger partial charge on any atom is 0.391 e. The molecule has 1 aliphatic carbocycles. The number of ether oxygens (including phenoxy) is 1. The average Bonchev–Trinajstić information content (AvgIpc) is 2.27. The molecular formula is C12H19F3O3. The Hall–Kier alpha value is -0.620. The van der Waals surface area contributed by atoms with Crippen molar-refractivity contribution < 1.29 is 27.8 Å². The molecule has 1 saturated carbocycles. The second-order valence-electron chi connectivity index (χ2n) is 4.87. The number of halogens is 3. The van der Waals surface area contributed by atoms with Crippen LogP contribution in [0.15, 0.2) is 0 Å². The molecule has 1 rings (SSSR count). The smallest absolute Gasteiger partial charge is 0.360 e. The Morgan fingerprint density at radius 2 is 1.78 bits per heavy atom. The van der Waals surface area contributed by atoms with Crippen molar-refractivity contribution in [3.63, 3.8) is 0 Å². The molecule has 6 heteroatoms. The van der Waals surface area contributed by atoms with Gasteiger partial charge in [0.05, 0.1) is 5.92 Å². The van der Waals surface area contributed by atoms with Gasteiger partial charge < -0.3 is 9.84 Å². The van der Waals surface area contributed by atoms with Crippen molar-refractivity contribution in [2.24, 2.45) is 11.8 Å². The van der Waals surface area contributed by atoms with Crippen LogP contribution >= 0.6 is 0 Å². The highest BCUT2D eigenvalue weighted by atomic mass is 19.4. The highest BCUT2D eigenvalue weighted by Gasteiger charge is 2.45. The number of Topliss-reactive ketones (excluding diaryl/α,β-unsaturated/α-hetero) is 1. The van der Waals surface area contributed by atoms with Gasteiger partial charge in [-0.3, -0.25) is 4.79 Å². The minimum absolute atomic E-state index is 0.0535. The third-order valence-electron chi connectivity index (χ3n) is 3.44. The van der Waals surface area contributed by atoms with Crippen LogP contribution in [0.4, 0.5) is 13.2 Å². The molecule has 18 heavy (non-hydrogen) atoms. The highest BCUT2D eigenvalue weighted by molar-refractivity contribution is 5.87. The lowest BCUT2D eigenvalue weighted by molar-refractivity contribution is -0.204. The Kier molecular flexibility index (Phi) is 4.78. The maximum absolute atomic E-state index is 12.5. The lowest BCUT2D eigenvalue weighted by Crippen LogP contribution is -2.44. The van der Waals surface area contributed by atoms with Gasteiger partial charge in [-0.25, -0.2) is 0 Å². The summed E-state index contributed by atoms with van der Waals surface area (Å²) in [5.74, 6) is -4.25. The van der Waals surface area contributed by atoms with E-state index in [1.807, 2.05) is 0 Å². The van der Waals surface area contributed by atoms with Gasteiger partial charge in [-0.2, -0.15) is 13.2 Å². The van der Waals surface area contributed by atoms with Crippen LogP contribution in [-0.4, -0.2) is 29.5 Å². The second kappa shape index (κ2) is 5.57. The van der Waals surface area contributed by atoms with Crippen molar-refractivity contribution in [2.45, 2.75) is 51.5 Å². The number of carbonyl (C=O) groups is 1. The molecule has 1 aliphatic rings. The van der Waals surface area contributed by atoms with Crippen molar-refractivity contribution in [1.29, 1.82) is 0 Å². The van der Waals surface area contributed by atoms with Crippen molar-refractivity contribution in [3.8, 4) is 0 Å². The first-order valence-electron chi connectivity index (χ1n) is 6.15. The van der Waals surface area contributed by atoms with E-state index < -0.39 is 29.6 Å². The van der Waals surface area contributed by atoms with Crippen LogP contribution in [0.3, 0.4) is 0 Å². The van der Waals surface area contributed by atoms with Crippen molar-refractivity contribution in [1.82, 2.24) is 0 Å². The molecule has 0 aromatic rings. The normalized spacial score (nSPS) is 28.8. The van der Waals surface area contributed by atoms with E-state index in [-0.39, 0.29) is 32.3 Å². The van der Waals surface area contributed by atoms with Gasteiger partial charge in [0.2, 0.25) is 5.79 Å². The Balaban J connectivity index is 2.55. The Morgan fingerprint density at radius 3 is 2.17 bits per heavy atom. The van der Waals surface area contributed by atoms with Gasteiger partial charge in [0.25, 0.3) is 0 Å². The first-order chi connectivity index (χ1) is 8.18. The van der Waals surface area contributed by atoms with Gasteiger partial charge in [-0.1, -0.05) is 0 Å². The highest BCUT2D eigenvalue weighted by Crippen LogP contribution is 2.40. The summed E-state index contributed by atoms with van der Waals surface area (Å²) in [5.41, 5.74) is 0. The molecule has 106 valence electrons. The number of carbonyl (C=O) groups excluding carboxylic acids is 1. The lowest BCUT2D eigenvalue weighted by atomic mass is 9.78. The van der Waals surface area contributed by atoms with E-state index in [1.165, 1.54) is 6.92 Å². The summed E-state index contributed by atoms with van der Waals surface area (Å²) in [5, 5.41) is 9.77. The van der Waals surface area contributed by atoms with E-state index in [2.05, 4.69) is 0 Å². The number of ketones is 1. The zero-order valence-corrected chi connectivity index (χ0v) is 10.6. The van der Waals surface area contributed by atoms with E-state index in [9.17, 15) is 23.1 Å². The summed E-state index contributed by atoms with van der Waals surface area (Å²) >= 11 is 0. The van der Waals surface area contributed by atoms with Gasteiger partial charge >= 0.3 is 6.18 Å². The van der Waals surface area contributed by atoms with Gasteiger partial charge in [-0.15, -0.1) is 0 Å². The molecular weight excluding hydrogens is 249 g/mol. The summed E-state index contributed by atoms with van der Waals surface area (Å²) in [7, 11) is 0. The van der Waals surface area contributed by atoms with Crippen LogP contribution in [-0.2, 0) is 9.53 Å². The largest absolute Gasteiger partial charge is 0.391 e. The molecule has 0 aromatic heterocycles. The third-order valence-corrected chi connectivity index (χ3v) is 3.44. The van der Waals surface area contributed by atoms with E-state index in [0.29, 0.717) is 0 Å². The third kappa shape index (κ3) is 3.68. The minimum atomic E-state index is -4.18. The molecule has 3 nitrogen and oxygen atoms in total. The van der Waals surface area contributed by atoms with Gasteiger partial charge in [-0.05, 0) is 39.5 Å². The summed E-state index contributed by atoms with van der Waals surface area (Å²) in [6.07, 6.45) is -3.97. The SMILES string of the molecule is CCOC(C)(O)C(=O)C1CCC(C(F)(F)F)CC1. The number of hydrogen-bond donors (Lipinski definition) is 1. The molecule has 1 atom stereocenters. The predicted molar refractivity (Wildman–Crippen MR) is 58.8 cm³/mol. The quantitative estimate of drug-likeness (QED) is 0.797. The van der Waals surface area contributed by atoms with Crippen molar-refractivity contribution >= 4 is 5.78 Å². The number of aliphatic hydroxyl groups is 1. The van der Waals surface area contributed by atoms with Crippen LogP contribution in [0.1, 0.15) is 39.5 Å². The zero-order chi connectivity index (χ0) is 14.0. The first-order valence-corrected chi connectivity index (χ1v) is 6.15. The number of alkyl halides is 3. The summed E-state index contributed by atoms with van der Waals surface area (Å²) in [6.45, 7) is 3.06. The molecule has 0 aliphatic heterocycles. The standard InChI is InChI=1S/C12H19F3O3/c1-3-18-11(2,17)10(16)8-4-6-9(7-5-8)12(13,14)15/h8-9,17H,3-7H2,1-2H3. The van der Waals surface area contributed by atoms with E-state index in [1.54, 1.807) is 6.92 Å². The predicted octanol–water partition coefficient (Wildman–Crippen LogP) is 2.67. The number of rotatable bonds is 4. The molecule has 0 spiro atoms. The van der Waals surface area contributed by atoms with Crippen molar-refractivity contribution in [2.75, 3.05) is 6.61 Å². The van der Waals surface area contributed by atoms with Crippen LogP contribution in [0, 0.1) is 11.8 Å². The molecule has 0 amide bonds. The molecule has 1 N–H and O–H groups in total. The topological polar surface area (TPSA) is 46.5 Å². The van der Waals surface area contributed by atoms with E-state index >= 15 is 0 Å². The summed E-state index contributed by atoms with van der Waals surface area (Å²) < 4.78 is 42.3. The monoisotopic (exact) mass is 268 g/mol. The molecule has 0 aromatic carbocycles. The van der Waals surface area contributed by atoms with Crippen LogP contribution < -0.4 is 0 Å².